The molecule has 0 heterocycles. The van der Waals surface area contributed by atoms with Gasteiger partial charge >= 0.3 is 17.9 Å². The van der Waals surface area contributed by atoms with Gasteiger partial charge in [0.25, 0.3) is 5.91 Å². The maximum atomic E-state index is 13.8. The number of esters is 1. The Labute approximate surface area is 315 Å². The zero-order valence-corrected chi connectivity index (χ0v) is 31.7. The molecule has 4 fully saturated rings. The van der Waals surface area contributed by atoms with Crippen molar-refractivity contribution in [3.05, 3.63) is 53.3 Å². The minimum atomic E-state index is -1.53. The molecule has 54 heavy (non-hydrogen) atoms. The summed E-state index contributed by atoms with van der Waals surface area (Å²) in [6, 6.07) is 3.83. The molecule has 1 aromatic rings. The number of fused-ring (bicyclic) bond motifs is 7. The van der Waals surface area contributed by atoms with Crippen LogP contribution in [0.4, 0.5) is 5.69 Å². The Morgan fingerprint density at radius 3 is 2.31 bits per heavy atom. The lowest BCUT2D eigenvalue weighted by Gasteiger charge is -2.70. The molecule has 8 atom stereocenters. The Morgan fingerprint density at radius 1 is 0.944 bits per heavy atom. The second kappa shape index (κ2) is 13.4. The number of nitrogens with one attached hydrogen (secondary N) is 1. The van der Waals surface area contributed by atoms with Gasteiger partial charge in [0.1, 0.15) is 5.75 Å². The molecule has 0 radical (unpaired) electrons. The molecule has 0 saturated heterocycles. The van der Waals surface area contributed by atoms with Gasteiger partial charge in [-0.2, -0.15) is 0 Å². The summed E-state index contributed by atoms with van der Waals surface area (Å²) in [6.45, 7) is 10.5. The number of anilines is 1. The van der Waals surface area contributed by atoms with Gasteiger partial charge in [-0.3, -0.25) is 14.4 Å². The molecule has 4 saturated carbocycles. The standard InChI is InChI=1S/C42H53NO11/c1-37(2)16-17-41(36(52)53)18-19-42(23-44)26(27(41)22-37)8-10-30-38(3)14-13-32(47)40(5,31(38)12-15-39(30,42)4)54-34(50)11-6-24-20-25(45)7-9-28(24)43-35(51)29(46)21-33(48)49/h6-9,11,20-21,27,30-31,44-46H,10,12-19,22-23H2,1-5H3,(H,43,51)(H,48,49)(H,52,53)/b11-6+,29-21-/t27-,30+,31+,38+,39+,40?,41-,42-/m0/s1. The van der Waals surface area contributed by atoms with E-state index in [0.717, 1.165) is 24.5 Å². The van der Waals surface area contributed by atoms with Crippen LogP contribution in [-0.2, 0) is 28.7 Å². The van der Waals surface area contributed by atoms with Crippen LogP contribution in [0.15, 0.2) is 47.8 Å². The third-order valence-corrected chi connectivity index (χ3v) is 14.9. The highest BCUT2D eigenvalue weighted by Crippen LogP contribution is 2.75. The van der Waals surface area contributed by atoms with E-state index < -0.39 is 56.8 Å². The Bertz CT molecular complexity index is 1880. The Morgan fingerprint density at radius 2 is 1.65 bits per heavy atom. The van der Waals surface area contributed by atoms with Gasteiger partial charge in [-0.1, -0.05) is 39.3 Å². The minimum absolute atomic E-state index is 0.0209. The number of aliphatic hydroxyl groups is 2. The largest absolute Gasteiger partial charge is 0.508 e. The zero-order chi connectivity index (χ0) is 39.6. The molecule has 292 valence electrons. The molecule has 1 aromatic carbocycles. The molecule has 0 aromatic heterocycles. The smallest absolute Gasteiger partial charge is 0.332 e. The number of phenolic OH excluding ortho intramolecular Hbond substituents is 1. The van der Waals surface area contributed by atoms with Gasteiger partial charge in [-0.15, -0.1) is 0 Å². The van der Waals surface area contributed by atoms with Gasteiger partial charge in [0, 0.05) is 35.1 Å². The van der Waals surface area contributed by atoms with Gasteiger partial charge < -0.3 is 35.6 Å². The minimum Gasteiger partial charge on any atom is -0.508 e. The van der Waals surface area contributed by atoms with Crippen LogP contribution in [0.3, 0.4) is 0 Å². The fraction of sp³-hybridized carbons (Fsp3) is 0.595. The molecule has 5 aliphatic rings. The Hall–Kier alpha value is -4.45. The number of ether oxygens (including phenoxy) is 1. The summed E-state index contributed by atoms with van der Waals surface area (Å²) in [4.78, 5) is 63.6. The van der Waals surface area contributed by atoms with Gasteiger partial charge in [-0.25, -0.2) is 9.59 Å². The maximum Gasteiger partial charge on any atom is 0.332 e. The number of allylic oxidation sites excluding steroid dienone is 1. The number of amides is 1. The molecular formula is C42H53NO11. The van der Waals surface area contributed by atoms with Crippen LogP contribution < -0.4 is 5.32 Å². The average molecular weight is 748 g/mol. The summed E-state index contributed by atoms with van der Waals surface area (Å²) < 4.78 is 6.12. The summed E-state index contributed by atoms with van der Waals surface area (Å²) in [7, 11) is 0. The first-order chi connectivity index (χ1) is 25.2. The molecule has 6 rings (SSSR count). The van der Waals surface area contributed by atoms with Crippen LogP contribution in [0.5, 0.6) is 5.75 Å². The van der Waals surface area contributed by atoms with Crippen molar-refractivity contribution in [3.8, 4) is 5.75 Å². The van der Waals surface area contributed by atoms with Crippen LogP contribution in [0, 0.1) is 44.8 Å². The van der Waals surface area contributed by atoms with E-state index in [9.17, 15) is 44.4 Å². The number of hydrogen-bond donors (Lipinski definition) is 6. The number of benzene rings is 1. The van der Waals surface area contributed by atoms with Gasteiger partial charge in [0.2, 0.25) is 0 Å². The lowest BCUT2D eigenvalue weighted by molar-refractivity contribution is -0.219. The molecule has 6 N–H and O–H groups in total. The third-order valence-electron chi connectivity index (χ3n) is 14.9. The molecule has 0 bridgehead atoms. The predicted octanol–water partition coefficient (Wildman–Crippen LogP) is 6.57. The lowest BCUT2D eigenvalue weighted by Crippen LogP contribution is -2.68. The number of carboxylic acids is 2. The molecule has 0 aliphatic heterocycles. The number of carbonyl (C=O) groups is 5. The van der Waals surface area contributed by atoms with Crippen LogP contribution in [0.2, 0.25) is 0 Å². The van der Waals surface area contributed by atoms with Crippen molar-refractivity contribution in [1.29, 1.82) is 0 Å². The summed E-state index contributed by atoms with van der Waals surface area (Å²) in [5.74, 6) is -6.09. The summed E-state index contributed by atoms with van der Waals surface area (Å²) in [5, 5.41) is 53.2. The van der Waals surface area contributed by atoms with E-state index in [4.69, 9.17) is 9.84 Å². The summed E-state index contributed by atoms with van der Waals surface area (Å²) in [5.41, 5.74) is -2.45. The number of phenols is 1. The third kappa shape index (κ3) is 6.05. The first kappa shape index (κ1) is 39.2. The van der Waals surface area contributed by atoms with E-state index in [0.29, 0.717) is 51.0 Å². The number of ketones is 1. The Balaban J connectivity index is 1.29. The molecule has 1 amide bonds. The number of carboxylic acid groups (broad SMARTS) is 2. The number of hydrogen-bond acceptors (Lipinski definition) is 9. The van der Waals surface area contributed by atoms with E-state index in [2.05, 4.69) is 39.1 Å². The van der Waals surface area contributed by atoms with Gasteiger partial charge in [0.15, 0.2) is 17.1 Å². The normalized spacial score (nSPS) is 37.1. The molecule has 12 heteroatoms. The monoisotopic (exact) mass is 747 g/mol. The summed E-state index contributed by atoms with van der Waals surface area (Å²) in [6.07, 6.45) is 10.9. The lowest BCUT2D eigenvalue weighted by atomic mass is 9.34. The van der Waals surface area contributed by atoms with E-state index in [-0.39, 0.29) is 59.0 Å². The first-order valence-electron chi connectivity index (χ1n) is 19.0. The van der Waals surface area contributed by atoms with Crippen LogP contribution in [-0.4, -0.2) is 67.3 Å². The molecular weight excluding hydrogens is 694 g/mol. The topological polar surface area (TPSA) is 208 Å². The highest BCUT2D eigenvalue weighted by atomic mass is 16.6. The van der Waals surface area contributed by atoms with Crippen LogP contribution in [0.25, 0.3) is 6.08 Å². The number of aliphatic hydroxyl groups excluding tert-OH is 2. The van der Waals surface area contributed by atoms with Crippen molar-refractivity contribution in [2.75, 3.05) is 11.9 Å². The molecule has 5 aliphatic carbocycles. The SMILES string of the molecule is CC1(C)CC[C@]2(C(=O)O)CC[C@]3(CO)C(=CC[C@@H]4[C@@]5(C)CCC(=O)C(C)(OC(=O)/C=C/c6cc(O)ccc6NC(=O)/C(O)=C/C(=O)O)[C@@H]5CC[C@]43C)[C@@H]2C1. The highest BCUT2D eigenvalue weighted by molar-refractivity contribution is 6.06. The second-order valence-corrected chi connectivity index (χ2v) is 18.0. The van der Waals surface area contributed by atoms with Crippen LogP contribution >= 0.6 is 0 Å². The van der Waals surface area contributed by atoms with E-state index in [1.807, 2.05) is 0 Å². The van der Waals surface area contributed by atoms with E-state index >= 15 is 0 Å². The quantitative estimate of drug-likeness (QED) is 0.0551. The number of aromatic hydroxyl groups is 1. The Kier molecular flexibility index (Phi) is 9.73. The average Bonchev–Trinajstić information content (AvgIpc) is 3.09. The van der Waals surface area contributed by atoms with E-state index in [1.165, 1.54) is 24.3 Å². The fourth-order valence-electron chi connectivity index (χ4n) is 11.9. The predicted molar refractivity (Wildman–Crippen MR) is 198 cm³/mol. The number of Topliss-reactive ketones (excluding diaryl/α,β-unsaturated/α-hetero) is 1. The second-order valence-electron chi connectivity index (χ2n) is 18.0. The first-order valence-corrected chi connectivity index (χ1v) is 19.0. The molecule has 0 spiro atoms. The van der Waals surface area contributed by atoms with Crippen molar-refractivity contribution >= 4 is 41.4 Å². The van der Waals surface area contributed by atoms with Gasteiger partial charge in [0.05, 0.1) is 18.1 Å². The van der Waals surface area contributed by atoms with Gasteiger partial charge in [-0.05, 0) is 117 Å². The number of rotatable bonds is 8. The number of aliphatic carboxylic acids is 2. The summed E-state index contributed by atoms with van der Waals surface area (Å²) >= 11 is 0. The molecule has 12 nitrogen and oxygen atoms in total. The highest BCUT2D eigenvalue weighted by Gasteiger charge is 2.71. The molecule has 1 unspecified atom stereocenters. The fourth-order valence-corrected chi connectivity index (χ4v) is 11.9. The van der Waals surface area contributed by atoms with E-state index in [1.54, 1.807) is 6.92 Å². The van der Waals surface area contributed by atoms with Crippen molar-refractivity contribution in [2.24, 2.45) is 44.8 Å². The van der Waals surface area contributed by atoms with Crippen molar-refractivity contribution in [3.63, 3.8) is 0 Å². The van der Waals surface area contributed by atoms with Crippen molar-refractivity contribution in [1.82, 2.24) is 0 Å². The maximum absolute atomic E-state index is 13.8. The zero-order valence-electron chi connectivity index (χ0n) is 31.7. The van der Waals surface area contributed by atoms with Crippen molar-refractivity contribution in [2.45, 2.75) is 104 Å². The van der Waals surface area contributed by atoms with Crippen LogP contribution in [0.1, 0.15) is 104 Å². The number of carbonyl (C=O) groups excluding carboxylic acids is 3. The van der Waals surface area contributed by atoms with Crippen molar-refractivity contribution < 1.29 is 54.2 Å².